The van der Waals surface area contributed by atoms with Crippen molar-refractivity contribution in [2.45, 2.75) is 27.2 Å². The first kappa shape index (κ1) is 28.9. The fraction of sp³-hybridized carbons (Fsp3) is 0.360. The Hall–Kier alpha value is -2.34. The van der Waals surface area contributed by atoms with Gasteiger partial charge >= 0.3 is 7.60 Å². The number of rotatable bonds is 11. The molecular formula is C25H35N3O5P2. The average molecular weight is 520 g/mol. The molecule has 0 amide bonds. The standard InChI is InChI=1S/C23H29N3O5P2.C2H6/c1-18-10-11-19(13-15-32(27,29-2)17-33(28,30-3)31-4)16-22(18)26-23-24-14-12-21(25-23)20-8-6-5-7-9-20;1-2/h5-12,14,16H,13,15,17H2,1-4H3,(H,24,25,26);1-2H3. The van der Waals surface area contributed by atoms with Crippen LogP contribution in [0.3, 0.4) is 0 Å². The molecule has 8 nitrogen and oxygen atoms in total. The van der Waals surface area contributed by atoms with E-state index >= 15 is 0 Å². The van der Waals surface area contributed by atoms with Crippen LogP contribution in [0.2, 0.25) is 0 Å². The first-order valence-electron chi connectivity index (χ1n) is 11.4. The minimum absolute atomic E-state index is 0.211. The van der Waals surface area contributed by atoms with Gasteiger partial charge in [-0.05, 0) is 36.6 Å². The number of benzene rings is 2. The molecule has 0 aliphatic rings. The number of anilines is 2. The zero-order chi connectivity index (χ0) is 25.9. The van der Waals surface area contributed by atoms with E-state index < -0.39 is 15.0 Å². The molecule has 0 saturated heterocycles. The summed E-state index contributed by atoms with van der Waals surface area (Å²) in [5.41, 5.74) is 4.65. The van der Waals surface area contributed by atoms with Crippen molar-refractivity contribution in [1.82, 2.24) is 9.97 Å². The Bertz CT molecular complexity index is 1170. The number of hydrogen-bond donors (Lipinski definition) is 1. The van der Waals surface area contributed by atoms with Crippen LogP contribution in [-0.2, 0) is 29.1 Å². The number of hydrogen-bond acceptors (Lipinski definition) is 8. The molecule has 0 fully saturated rings. The van der Waals surface area contributed by atoms with Gasteiger partial charge in [-0.3, -0.25) is 9.13 Å². The molecule has 0 radical (unpaired) electrons. The average Bonchev–Trinajstić information content (AvgIpc) is 2.91. The Morgan fingerprint density at radius 2 is 1.60 bits per heavy atom. The van der Waals surface area contributed by atoms with Gasteiger partial charge in [0.1, 0.15) is 5.90 Å². The molecule has 3 rings (SSSR count). The van der Waals surface area contributed by atoms with Crippen LogP contribution in [0.25, 0.3) is 11.3 Å². The van der Waals surface area contributed by atoms with E-state index in [1.165, 1.54) is 21.3 Å². The van der Waals surface area contributed by atoms with Gasteiger partial charge in [-0.15, -0.1) is 0 Å². The van der Waals surface area contributed by atoms with Crippen LogP contribution < -0.4 is 5.32 Å². The van der Waals surface area contributed by atoms with E-state index in [1.807, 2.05) is 75.4 Å². The van der Waals surface area contributed by atoms with Gasteiger partial charge in [0.25, 0.3) is 0 Å². The zero-order valence-electron chi connectivity index (χ0n) is 21.2. The summed E-state index contributed by atoms with van der Waals surface area (Å²) < 4.78 is 40.7. The second-order valence-corrected chi connectivity index (χ2v) is 13.0. The van der Waals surface area contributed by atoms with Gasteiger partial charge in [0.2, 0.25) is 13.3 Å². The molecule has 0 spiro atoms. The Morgan fingerprint density at radius 1 is 0.914 bits per heavy atom. The van der Waals surface area contributed by atoms with Gasteiger partial charge < -0.3 is 18.9 Å². The molecule has 0 bridgehead atoms. The molecule has 2 aromatic carbocycles. The highest BCUT2D eigenvalue weighted by Crippen LogP contribution is 2.62. The second-order valence-electron chi connectivity index (χ2n) is 7.49. The number of nitrogens with zero attached hydrogens (tertiary/aromatic N) is 2. The van der Waals surface area contributed by atoms with E-state index in [1.54, 1.807) is 6.20 Å². The summed E-state index contributed by atoms with van der Waals surface area (Å²) in [6.45, 7) is 5.99. The Balaban J connectivity index is 0.00000210. The highest BCUT2D eigenvalue weighted by atomic mass is 31.2. The molecule has 1 heterocycles. The summed E-state index contributed by atoms with van der Waals surface area (Å²) in [4.78, 5) is 8.96. The molecule has 1 aromatic heterocycles. The fourth-order valence-electron chi connectivity index (χ4n) is 3.24. The molecule has 0 aliphatic carbocycles. The summed E-state index contributed by atoms with van der Waals surface area (Å²) in [5.74, 6) is 0.223. The van der Waals surface area contributed by atoms with Crippen LogP contribution in [0, 0.1) is 6.92 Å². The van der Waals surface area contributed by atoms with Crippen LogP contribution in [0.4, 0.5) is 11.6 Å². The van der Waals surface area contributed by atoms with Crippen LogP contribution in [0.1, 0.15) is 25.0 Å². The van der Waals surface area contributed by atoms with E-state index in [-0.39, 0.29) is 12.1 Å². The first-order chi connectivity index (χ1) is 16.8. The maximum atomic E-state index is 13.1. The molecule has 1 atom stereocenters. The largest absolute Gasteiger partial charge is 0.339 e. The molecule has 0 saturated carbocycles. The van der Waals surface area contributed by atoms with Crippen molar-refractivity contribution in [3.05, 3.63) is 71.9 Å². The van der Waals surface area contributed by atoms with Crippen molar-refractivity contribution in [2.75, 3.05) is 38.7 Å². The molecule has 10 heteroatoms. The maximum absolute atomic E-state index is 13.1. The lowest BCUT2D eigenvalue weighted by Gasteiger charge is -2.21. The Morgan fingerprint density at radius 3 is 2.23 bits per heavy atom. The first-order valence-corrected chi connectivity index (χ1v) is 15.1. The van der Waals surface area contributed by atoms with Crippen molar-refractivity contribution in [1.29, 1.82) is 0 Å². The Kier molecular flexibility index (Phi) is 11.3. The van der Waals surface area contributed by atoms with E-state index in [9.17, 15) is 9.13 Å². The smallest absolute Gasteiger partial charge is 0.331 e. The van der Waals surface area contributed by atoms with Crippen molar-refractivity contribution in [3.8, 4) is 11.3 Å². The van der Waals surface area contributed by atoms with Crippen LogP contribution >= 0.6 is 15.0 Å². The van der Waals surface area contributed by atoms with E-state index in [4.69, 9.17) is 13.6 Å². The predicted octanol–water partition coefficient (Wildman–Crippen LogP) is 7.13. The summed E-state index contributed by atoms with van der Waals surface area (Å²) in [5, 5.41) is 3.28. The normalized spacial score (nSPS) is 12.9. The molecule has 0 aliphatic heterocycles. The second kappa shape index (κ2) is 13.7. The molecule has 1 N–H and O–H groups in total. The van der Waals surface area contributed by atoms with Gasteiger partial charge in [-0.25, -0.2) is 9.97 Å². The van der Waals surface area contributed by atoms with Gasteiger partial charge in [0.15, 0.2) is 0 Å². The third kappa shape index (κ3) is 8.38. The topological polar surface area (TPSA) is 99.6 Å². The van der Waals surface area contributed by atoms with Gasteiger partial charge in [0.05, 0.1) is 5.69 Å². The number of nitrogens with one attached hydrogen (secondary N) is 1. The molecular weight excluding hydrogens is 484 g/mol. The third-order valence-corrected chi connectivity index (χ3v) is 11.1. The summed E-state index contributed by atoms with van der Waals surface area (Å²) in [6.07, 6.45) is 2.40. The predicted molar refractivity (Wildman–Crippen MR) is 143 cm³/mol. The summed E-state index contributed by atoms with van der Waals surface area (Å²) >= 11 is 0. The SMILES string of the molecule is CC.COP(=O)(CCc1ccc(C)c(Nc2nccc(-c3ccccc3)n2)c1)CP(=O)(OC)OC. The monoisotopic (exact) mass is 519 g/mol. The highest BCUT2D eigenvalue weighted by Gasteiger charge is 2.35. The van der Waals surface area contributed by atoms with Crippen molar-refractivity contribution in [3.63, 3.8) is 0 Å². The van der Waals surface area contributed by atoms with Crippen molar-refractivity contribution in [2.24, 2.45) is 0 Å². The summed E-state index contributed by atoms with van der Waals surface area (Å²) in [7, 11) is -2.76. The summed E-state index contributed by atoms with van der Waals surface area (Å²) in [6, 6.07) is 17.7. The zero-order valence-corrected chi connectivity index (χ0v) is 23.0. The van der Waals surface area contributed by atoms with E-state index in [0.29, 0.717) is 12.4 Å². The third-order valence-electron chi connectivity index (χ3n) is 5.29. The lowest BCUT2D eigenvalue weighted by molar-refractivity contribution is 0.278. The van der Waals surface area contributed by atoms with Crippen LogP contribution in [-0.4, -0.2) is 43.4 Å². The molecule has 35 heavy (non-hydrogen) atoms. The molecule has 1 unspecified atom stereocenters. The fourth-order valence-corrected chi connectivity index (χ4v) is 8.23. The van der Waals surface area contributed by atoms with Crippen molar-refractivity contribution >= 4 is 26.6 Å². The molecule has 190 valence electrons. The Labute approximate surface area is 208 Å². The van der Waals surface area contributed by atoms with Crippen LogP contribution in [0.5, 0.6) is 0 Å². The maximum Gasteiger partial charge on any atom is 0.339 e. The van der Waals surface area contributed by atoms with Gasteiger partial charge in [0, 0.05) is 44.9 Å². The van der Waals surface area contributed by atoms with Crippen LogP contribution in [0.15, 0.2) is 60.8 Å². The minimum atomic E-state index is -3.45. The minimum Gasteiger partial charge on any atom is -0.331 e. The van der Waals surface area contributed by atoms with Gasteiger partial charge in [-0.1, -0.05) is 56.3 Å². The molecule has 3 aromatic rings. The lowest BCUT2D eigenvalue weighted by atomic mass is 10.1. The van der Waals surface area contributed by atoms with Gasteiger partial charge in [-0.2, -0.15) is 0 Å². The number of aryl methyl sites for hydroxylation is 2. The highest BCUT2D eigenvalue weighted by molar-refractivity contribution is 7.73. The lowest BCUT2D eigenvalue weighted by Crippen LogP contribution is -2.05. The van der Waals surface area contributed by atoms with E-state index in [0.717, 1.165) is 28.1 Å². The quantitative estimate of drug-likeness (QED) is 0.267. The number of aromatic nitrogens is 2. The van der Waals surface area contributed by atoms with Crippen molar-refractivity contribution < 1.29 is 22.7 Å². The van der Waals surface area contributed by atoms with E-state index in [2.05, 4.69) is 15.3 Å².